The lowest BCUT2D eigenvalue weighted by molar-refractivity contribution is 0.0276. The third-order valence-corrected chi connectivity index (χ3v) is 3.79. The molecule has 0 saturated carbocycles. The number of rotatable bonds is 3. The van der Waals surface area contributed by atoms with Crippen LogP contribution in [0.1, 0.15) is 25.5 Å². The molecule has 1 unspecified atom stereocenters. The Kier molecular flexibility index (Phi) is 3.49. The minimum absolute atomic E-state index is 0.0889. The zero-order valence-corrected chi connectivity index (χ0v) is 11.4. The van der Waals surface area contributed by atoms with E-state index in [-0.39, 0.29) is 5.54 Å². The van der Waals surface area contributed by atoms with Gasteiger partial charge >= 0.3 is 0 Å². The zero-order valence-electron chi connectivity index (χ0n) is 11.4. The van der Waals surface area contributed by atoms with Crippen LogP contribution in [0.5, 0.6) is 0 Å². The number of hydrogen-bond acceptors (Lipinski definition) is 3. The molecular formula is C16H20N2O. The molecular weight excluding hydrogens is 236 g/mol. The summed E-state index contributed by atoms with van der Waals surface area (Å²) in [7, 11) is 0. The molecule has 0 radical (unpaired) electrons. The van der Waals surface area contributed by atoms with Crippen LogP contribution in [0.3, 0.4) is 0 Å². The average Bonchev–Trinajstić information content (AvgIpc) is 2.46. The molecule has 19 heavy (non-hydrogen) atoms. The van der Waals surface area contributed by atoms with Crippen molar-refractivity contribution in [3.63, 3.8) is 0 Å². The summed E-state index contributed by atoms with van der Waals surface area (Å²) >= 11 is 0. The lowest BCUT2D eigenvalue weighted by Gasteiger charge is -2.34. The number of aromatic nitrogens is 1. The highest BCUT2D eigenvalue weighted by atomic mass is 16.5. The van der Waals surface area contributed by atoms with Crippen molar-refractivity contribution in [2.75, 3.05) is 13.2 Å². The van der Waals surface area contributed by atoms with E-state index < -0.39 is 0 Å². The molecule has 1 aliphatic rings. The number of ether oxygens (including phenoxy) is 1. The highest BCUT2D eigenvalue weighted by Crippen LogP contribution is 2.19. The standard InChI is InChI=1S/C16H20N2O/c1-16(9-4-10-19-12-16)17-11-14-8-7-13-5-2-3-6-15(13)18-14/h2-3,5-8,17H,4,9-12H2,1H3. The van der Waals surface area contributed by atoms with Crippen molar-refractivity contribution in [3.05, 3.63) is 42.1 Å². The second-order valence-corrected chi connectivity index (χ2v) is 5.57. The first-order valence-electron chi connectivity index (χ1n) is 6.93. The molecule has 1 N–H and O–H groups in total. The Morgan fingerprint density at radius 1 is 1.26 bits per heavy atom. The number of hydrogen-bond donors (Lipinski definition) is 1. The molecule has 0 aliphatic carbocycles. The highest BCUT2D eigenvalue weighted by Gasteiger charge is 2.26. The number of benzene rings is 1. The summed E-state index contributed by atoms with van der Waals surface area (Å²) in [6, 6.07) is 12.5. The van der Waals surface area contributed by atoms with Gasteiger partial charge in [0.2, 0.25) is 0 Å². The van der Waals surface area contributed by atoms with Crippen LogP contribution in [-0.4, -0.2) is 23.7 Å². The summed E-state index contributed by atoms with van der Waals surface area (Å²) in [4.78, 5) is 4.69. The van der Waals surface area contributed by atoms with Gasteiger partial charge in [0.1, 0.15) is 0 Å². The van der Waals surface area contributed by atoms with E-state index in [2.05, 4.69) is 41.5 Å². The molecule has 1 aliphatic heterocycles. The summed E-state index contributed by atoms with van der Waals surface area (Å²) in [6.07, 6.45) is 2.30. The molecule has 3 nitrogen and oxygen atoms in total. The fourth-order valence-electron chi connectivity index (χ4n) is 2.58. The third kappa shape index (κ3) is 2.94. The molecule has 0 amide bonds. The molecule has 1 fully saturated rings. The smallest absolute Gasteiger partial charge is 0.0705 e. The Bertz CT molecular complexity index is 561. The number of nitrogens with zero attached hydrogens (tertiary/aromatic N) is 1. The lowest BCUT2D eigenvalue weighted by Crippen LogP contribution is -2.48. The van der Waals surface area contributed by atoms with Crippen molar-refractivity contribution < 1.29 is 4.74 Å². The van der Waals surface area contributed by atoms with Crippen LogP contribution in [0.4, 0.5) is 0 Å². The van der Waals surface area contributed by atoms with Gasteiger partial charge in [-0.1, -0.05) is 24.3 Å². The Morgan fingerprint density at radius 3 is 3.00 bits per heavy atom. The van der Waals surface area contributed by atoms with Crippen LogP contribution in [0, 0.1) is 0 Å². The van der Waals surface area contributed by atoms with Gasteiger partial charge in [-0.2, -0.15) is 0 Å². The summed E-state index contributed by atoms with van der Waals surface area (Å²) in [5.41, 5.74) is 2.24. The summed E-state index contributed by atoms with van der Waals surface area (Å²) in [5.74, 6) is 0. The second-order valence-electron chi connectivity index (χ2n) is 5.57. The monoisotopic (exact) mass is 256 g/mol. The van der Waals surface area contributed by atoms with E-state index in [0.717, 1.165) is 37.4 Å². The number of pyridine rings is 1. The number of para-hydroxylation sites is 1. The van der Waals surface area contributed by atoms with Gasteiger partial charge in [-0.25, -0.2) is 0 Å². The van der Waals surface area contributed by atoms with Crippen molar-refractivity contribution in [3.8, 4) is 0 Å². The lowest BCUT2D eigenvalue weighted by atomic mass is 9.95. The number of fused-ring (bicyclic) bond motifs is 1. The SMILES string of the molecule is CC1(NCc2ccc3ccccc3n2)CCCOC1. The molecule has 100 valence electrons. The molecule has 0 bridgehead atoms. The fourth-order valence-corrected chi connectivity index (χ4v) is 2.58. The average molecular weight is 256 g/mol. The maximum absolute atomic E-state index is 5.56. The van der Waals surface area contributed by atoms with Crippen LogP contribution in [0.25, 0.3) is 10.9 Å². The van der Waals surface area contributed by atoms with E-state index in [1.807, 2.05) is 12.1 Å². The maximum Gasteiger partial charge on any atom is 0.0705 e. The van der Waals surface area contributed by atoms with E-state index in [1.165, 1.54) is 11.8 Å². The van der Waals surface area contributed by atoms with Crippen LogP contribution in [0.15, 0.2) is 36.4 Å². The van der Waals surface area contributed by atoms with Gasteiger partial charge in [0.15, 0.2) is 0 Å². The van der Waals surface area contributed by atoms with Crippen LogP contribution in [-0.2, 0) is 11.3 Å². The van der Waals surface area contributed by atoms with E-state index in [1.54, 1.807) is 0 Å². The van der Waals surface area contributed by atoms with E-state index in [9.17, 15) is 0 Å². The quantitative estimate of drug-likeness (QED) is 0.917. The summed E-state index contributed by atoms with van der Waals surface area (Å²) in [6.45, 7) is 4.71. The second kappa shape index (κ2) is 5.27. The van der Waals surface area contributed by atoms with Gasteiger partial charge in [0.25, 0.3) is 0 Å². The Labute approximate surface area is 114 Å². The van der Waals surface area contributed by atoms with Gasteiger partial charge in [0, 0.05) is 24.1 Å². The fraction of sp³-hybridized carbons (Fsp3) is 0.438. The first-order chi connectivity index (χ1) is 9.25. The minimum atomic E-state index is 0.0889. The first kappa shape index (κ1) is 12.6. The molecule has 1 aromatic heterocycles. The molecule has 0 spiro atoms. The predicted molar refractivity (Wildman–Crippen MR) is 77.0 cm³/mol. The van der Waals surface area contributed by atoms with Crippen molar-refractivity contribution in [2.24, 2.45) is 0 Å². The van der Waals surface area contributed by atoms with E-state index in [4.69, 9.17) is 4.74 Å². The van der Waals surface area contributed by atoms with Crippen molar-refractivity contribution >= 4 is 10.9 Å². The summed E-state index contributed by atoms with van der Waals surface area (Å²) in [5, 5.41) is 4.78. The van der Waals surface area contributed by atoms with E-state index in [0.29, 0.717) is 0 Å². The van der Waals surface area contributed by atoms with Crippen molar-refractivity contribution in [2.45, 2.75) is 31.8 Å². The Hall–Kier alpha value is -1.45. The van der Waals surface area contributed by atoms with Gasteiger partial charge in [0.05, 0.1) is 17.8 Å². The highest BCUT2D eigenvalue weighted by molar-refractivity contribution is 5.78. The molecule has 1 aromatic carbocycles. The van der Waals surface area contributed by atoms with Gasteiger partial charge in [-0.15, -0.1) is 0 Å². The number of nitrogens with one attached hydrogen (secondary N) is 1. The molecule has 1 atom stereocenters. The molecule has 2 aromatic rings. The first-order valence-corrected chi connectivity index (χ1v) is 6.93. The van der Waals surface area contributed by atoms with Crippen LogP contribution in [0.2, 0.25) is 0 Å². The van der Waals surface area contributed by atoms with Gasteiger partial charge in [-0.05, 0) is 31.9 Å². The van der Waals surface area contributed by atoms with E-state index >= 15 is 0 Å². The largest absolute Gasteiger partial charge is 0.380 e. The normalized spacial score (nSPS) is 23.6. The molecule has 3 rings (SSSR count). The molecule has 2 heterocycles. The van der Waals surface area contributed by atoms with Crippen LogP contribution >= 0.6 is 0 Å². The van der Waals surface area contributed by atoms with Crippen molar-refractivity contribution in [1.82, 2.24) is 10.3 Å². The maximum atomic E-state index is 5.56. The summed E-state index contributed by atoms with van der Waals surface area (Å²) < 4.78 is 5.56. The molecule has 3 heteroatoms. The zero-order chi connectivity index (χ0) is 13.1. The third-order valence-electron chi connectivity index (χ3n) is 3.79. The van der Waals surface area contributed by atoms with Crippen LogP contribution < -0.4 is 5.32 Å². The Morgan fingerprint density at radius 2 is 2.16 bits per heavy atom. The van der Waals surface area contributed by atoms with Gasteiger partial charge < -0.3 is 10.1 Å². The van der Waals surface area contributed by atoms with Gasteiger partial charge in [-0.3, -0.25) is 4.98 Å². The van der Waals surface area contributed by atoms with Crippen molar-refractivity contribution in [1.29, 1.82) is 0 Å². The minimum Gasteiger partial charge on any atom is -0.380 e. The topological polar surface area (TPSA) is 34.2 Å². The predicted octanol–water partition coefficient (Wildman–Crippen LogP) is 2.89. The molecule has 1 saturated heterocycles. The Balaban J connectivity index is 1.71.